The summed E-state index contributed by atoms with van der Waals surface area (Å²) < 4.78 is 13.3. The molecule has 0 unspecified atom stereocenters. The van der Waals surface area contributed by atoms with Gasteiger partial charge in [0.25, 0.3) is 0 Å². The van der Waals surface area contributed by atoms with Crippen LogP contribution in [0.2, 0.25) is 0 Å². The van der Waals surface area contributed by atoms with Crippen molar-refractivity contribution in [2.24, 2.45) is 5.73 Å². The number of benzene rings is 1. The number of aliphatic carboxylic acids is 1. The molecule has 0 saturated carbocycles. The number of carboxylic acid groups (broad SMARTS) is 1. The van der Waals surface area contributed by atoms with Gasteiger partial charge in [-0.05, 0) is 18.6 Å². The van der Waals surface area contributed by atoms with Crippen molar-refractivity contribution in [1.82, 2.24) is 0 Å². The Morgan fingerprint density at radius 2 is 2.29 bits per heavy atom. The van der Waals surface area contributed by atoms with Crippen LogP contribution in [0, 0.1) is 12.7 Å². The van der Waals surface area contributed by atoms with Crippen LogP contribution in [0.4, 0.5) is 4.39 Å². The zero-order valence-corrected chi connectivity index (χ0v) is 7.83. The summed E-state index contributed by atoms with van der Waals surface area (Å²) in [4.78, 5) is 10.4. The molecule has 0 heterocycles. The van der Waals surface area contributed by atoms with Crippen LogP contribution in [0.3, 0.4) is 0 Å². The lowest BCUT2D eigenvalue weighted by Gasteiger charge is -2.10. The highest BCUT2D eigenvalue weighted by molar-refractivity contribution is 5.67. The van der Waals surface area contributed by atoms with Crippen LogP contribution in [0.15, 0.2) is 18.2 Å². The molecule has 0 radical (unpaired) electrons. The van der Waals surface area contributed by atoms with Crippen molar-refractivity contribution in [1.29, 1.82) is 0 Å². The minimum Gasteiger partial charge on any atom is -0.481 e. The van der Waals surface area contributed by atoms with E-state index in [0.29, 0.717) is 0 Å². The molecule has 1 atom stereocenters. The molecule has 1 aromatic rings. The molecule has 0 saturated heterocycles. The number of halogens is 1. The molecule has 0 amide bonds. The van der Waals surface area contributed by atoms with E-state index < -0.39 is 17.8 Å². The van der Waals surface area contributed by atoms with E-state index in [1.807, 2.05) is 0 Å². The Hall–Kier alpha value is -1.42. The second-order valence-electron chi connectivity index (χ2n) is 3.23. The van der Waals surface area contributed by atoms with Crippen molar-refractivity contribution in [3.63, 3.8) is 0 Å². The van der Waals surface area contributed by atoms with Gasteiger partial charge in [-0.15, -0.1) is 0 Å². The van der Waals surface area contributed by atoms with E-state index in [1.165, 1.54) is 12.1 Å². The summed E-state index contributed by atoms with van der Waals surface area (Å²) in [5.41, 5.74) is 6.56. The summed E-state index contributed by atoms with van der Waals surface area (Å²) >= 11 is 0. The third-order valence-corrected chi connectivity index (χ3v) is 1.95. The highest BCUT2D eigenvalue weighted by Crippen LogP contribution is 2.18. The van der Waals surface area contributed by atoms with Crippen LogP contribution in [0.25, 0.3) is 0 Å². The average Bonchev–Trinajstić information content (AvgIpc) is 2.01. The topological polar surface area (TPSA) is 63.3 Å². The van der Waals surface area contributed by atoms with Crippen LogP contribution >= 0.6 is 0 Å². The van der Waals surface area contributed by atoms with Gasteiger partial charge < -0.3 is 10.8 Å². The van der Waals surface area contributed by atoms with Gasteiger partial charge in [-0.3, -0.25) is 4.79 Å². The van der Waals surface area contributed by atoms with Crippen molar-refractivity contribution in [2.45, 2.75) is 19.4 Å². The summed E-state index contributed by atoms with van der Waals surface area (Å²) in [6.07, 6.45) is -0.264. The molecule has 76 valence electrons. The molecule has 14 heavy (non-hydrogen) atoms. The van der Waals surface area contributed by atoms with E-state index in [-0.39, 0.29) is 12.0 Å². The van der Waals surface area contributed by atoms with E-state index in [2.05, 4.69) is 0 Å². The number of carbonyl (C=O) groups is 1. The van der Waals surface area contributed by atoms with Crippen molar-refractivity contribution >= 4 is 5.97 Å². The first-order valence-corrected chi connectivity index (χ1v) is 4.24. The summed E-state index contributed by atoms with van der Waals surface area (Å²) in [6, 6.07) is 3.79. The number of hydrogen-bond acceptors (Lipinski definition) is 2. The zero-order chi connectivity index (χ0) is 10.7. The van der Waals surface area contributed by atoms with E-state index in [9.17, 15) is 9.18 Å². The van der Waals surface area contributed by atoms with Gasteiger partial charge in [-0.1, -0.05) is 12.1 Å². The molecular formula is C10H12FNO2. The molecular weight excluding hydrogens is 185 g/mol. The standard InChI is InChI=1S/C10H12FNO2/c1-6-2-3-7(8(11)4-6)9(12)5-10(13)14/h2-4,9H,5,12H2,1H3,(H,13,14)/t9-/m0/s1. The molecule has 0 fully saturated rings. The number of carboxylic acids is 1. The Bertz CT molecular complexity index is 352. The van der Waals surface area contributed by atoms with E-state index in [4.69, 9.17) is 10.8 Å². The number of hydrogen-bond donors (Lipinski definition) is 2. The van der Waals surface area contributed by atoms with Crippen molar-refractivity contribution in [3.05, 3.63) is 35.1 Å². The predicted octanol–water partition coefficient (Wildman–Crippen LogP) is 1.61. The van der Waals surface area contributed by atoms with Crippen molar-refractivity contribution in [2.75, 3.05) is 0 Å². The fourth-order valence-corrected chi connectivity index (χ4v) is 1.23. The quantitative estimate of drug-likeness (QED) is 0.773. The minimum absolute atomic E-state index is 0.248. The minimum atomic E-state index is -1.03. The maximum atomic E-state index is 13.3. The third-order valence-electron chi connectivity index (χ3n) is 1.95. The molecule has 0 spiro atoms. The Balaban J connectivity index is 2.90. The fourth-order valence-electron chi connectivity index (χ4n) is 1.23. The summed E-state index contributed by atoms with van der Waals surface area (Å²) in [6.45, 7) is 1.76. The van der Waals surface area contributed by atoms with Gasteiger partial charge in [0.15, 0.2) is 0 Å². The van der Waals surface area contributed by atoms with Gasteiger partial charge in [0.1, 0.15) is 5.82 Å². The predicted molar refractivity (Wildman–Crippen MR) is 50.3 cm³/mol. The molecule has 3 nitrogen and oxygen atoms in total. The van der Waals surface area contributed by atoms with Gasteiger partial charge in [0, 0.05) is 11.6 Å². The van der Waals surface area contributed by atoms with Gasteiger partial charge in [-0.25, -0.2) is 4.39 Å². The summed E-state index contributed by atoms with van der Waals surface area (Å²) in [7, 11) is 0. The lowest BCUT2D eigenvalue weighted by Crippen LogP contribution is -2.16. The lowest BCUT2D eigenvalue weighted by molar-refractivity contribution is -0.137. The Kier molecular flexibility index (Phi) is 3.19. The second-order valence-corrected chi connectivity index (χ2v) is 3.23. The fraction of sp³-hybridized carbons (Fsp3) is 0.300. The zero-order valence-electron chi connectivity index (χ0n) is 7.83. The van der Waals surface area contributed by atoms with Crippen LogP contribution in [-0.2, 0) is 4.79 Å². The second kappa shape index (κ2) is 4.19. The van der Waals surface area contributed by atoms with Crippen molar-refractivity contribution < 1.29 is 14.3 Å². The maximum absolute atomic E-state index is 13.3. The summed E-state index contributed by atoms with van der Waals surface area (Å²) in [5.74, 6) is -1.48. The lowest BCUT2D eigenvalue weighted by atomic mass is 10.0. The van der Waals surface area contributed by atoms with Gasteiger partial charge in [0.05, 0.1) is 6.42 Å². The molecule has 0 aliphatic heterocycles. The van der Waals surface area contributed by atoms with Gasteiger partial charge in [-0.2, -0.15) is 0 Å². The van der Waals surface area contributed by atoms with Crippen molar-refractivity contribution in [3.8, 4) is 0 Å². The van der Waals surface area contributed by atoms with Crippen LogP contribution in [-0.4, -0.2) is 11.1 Å². The van der Waals surface area contributed by atoms with Gasteiger partial charge in [0.2, 0.25) is 0 Å². The molecule has 1 aromatic carbocycles. The molecule has 1 rings (SSSR count). The van der Waals surface area contributed by atoms with Crippen LogP contribution in [0.1, 0.15) is 23.6 Å². The normalized spacial score (nSPS) is 12.5. The Labute approximate surface area is 81.4 Å². The first kappa shape index (κ1) is 10.7. The number of rotatable bonds is 3. The Morgan fingerprint density at radius 3 is 2.79 bits per heavy atom. The monoisotopic (exact) mass is 197 g/mol. The molecule has 3 N–H and O–H groups in total. The first-order chi connectivity index (χ1) is 6.50. The van der Waals surface area contributed by atoms with E-state index in [0.717, 1.165) is 5.56 Å². The molecule has 0 aliphatic rings. The third kappa shape index (κ3) is 2.53. The van der Waals surface area contributed by atoms with E-state index in [1.54, 1.807) is 13.0 Å². The molecule has 0 aromatic heterocycles. The van der Waals surface area contributed by atoms with Gasteiger partial charge >= 0.3 is 5.97 Å². The molecule has 0 aliphatic carbocycles. The largest absolute Gasteiger partial charge is 0.481 e. The number of aryl methyl sites for hydroxylation is 1. The summed E-state index contributed by atoms with van der Waals surface area (Å²) in [5, 5.41) is 8.49. The molecule has 4 heteroatoms. The smallest absolute Gasteiger partial charge is 0.305 e. The Morgan fingerprint density at radius 1 is 1.64 bits per heavy atom. The van der Waals surface area contributed by atoms with Crippen LogP contribution < -0.4 is 5.73 Å². The maximum Gasteiger partial charge on any atom is 0.305 e. The number of nitrogens with two attached hydrogens (primary N) is 1. The average molecular weight is 197 g/mol. The van der Waals surface area contributed by atoms with Crippen LogP contribution in [0.5, 0.6) is 0 Å². The SMILES string of the molecule is Cc1ccc([C@@H](N)CC(=O)O)c(F)c1. The first-order valence-electron chi connectivity index (χ1n) is 4.24. The highest BCUT2D eigenvalue weighted by Gasteiger charge is 2.14. The highest BCUT2D eigenvalue weighted by atomic mass is 19.1. The van der Waals surface area contributed by atoms with E-state index >= 15 is 0 Å². The molecule has 0 bridgehead atoms.